The molecule has 0 spiro atoms. The van der Waals surface area contributed by atoms with E-state index in [-0.39, 0.29) is 11.8 Å². The Morgan fingerprint density at radius 2 is 1.00 bits per heavy atom. The van der Waals surface area contributed by atoms with E-state index in [0.29, 0.717) is 32.9 Å². The van der Waals surface area contributed by atoms with Crippen LogP contribution >= 0.6 is 22.7 Å². The molecule has 0 bridgehead atoms. The van der Waals surface area contributed by atoms with Crippen molar-refractivity contribution in [1.82, 2.24) is 9.97 Å². The van der Waals surface area contributed by atoms with Gasteiger partial charge in [-0.25, -0.2) is 9.97 Å². The van der Waals surface area contributed by atoms with E-state index in [2.05, 4.69) is 44.9 Å². The fourth-order valence-corrected chi connectivity index (χ4v) is 6.75. The van der Waals surface area contributed by atoms with Gasteiger partial charge in [0.15, 0.2) is 10.3 Å². The van der Waals surface area contributed by atoms with Crippen LogP contribution in [0.1, 0.15) is 43.0 Å². The molecular weight excluding hydrogens is 553 g/mol. The fraction of sp³-hybridized carbons (Fsp3) is 0.125. The summed E-state index contributed by atoms with van der Waals surface area (Å²) in [5, 5.41) is 6.92. The predicted molar refractivity (Wildman–Crippen MR) is 167 cm³/mol. The summed E-state index contributed by atoms with van der Waals surface area (Å²) in [6, 6.07) is 22.1. The lowest BCUT2D eigenvalue weighted by atomic mass is 10.1. The molecule has 6 rings (SSSR count). The van der Waals surface area contributed by atoms with Gasteiger partial charge in [-0.05, 0) is 111 Å². The molecule has 2 amide bonds. The number of carbonyl (C=O) groups excluding carboxylic acids is 2. The Bertz CT molecular complexity index is 1800. The molecule has 0 saturated carbocycles. The lowest BCUT2D eigenvalue weighted by Gasteiger charge is -2.08. The van der Waals surface area contributed by atoms with Crippen LogP contribution in [0.5, 0.6) is 11.5 Å². The number of aromatic nitrogens is 2. The Balaban J connectivity index is 1.08. The molecule has 204 valence electrons. The molecule has 2 aromatic heterocycles. The van der Waals surface area contributed by atoms with Crippen molar-refractivity contribution < 1.29 is 14.3 Å². The molecule has 0 saturated heterocycles. The number of anilines is 2. The number of hydrogen-bond donors (Lipinski definition) is 2. The summed E-state index contributed by atoms with van der Waals surface area (Å²) in [5.74, 6) is 0.674. The zero-order chi connectivity index (χ0) is 28.7. The van der Waals surface area contributed by atoms with Crippen LogP contribution in [-0.4, -0.2) is 21.8 Å². The monoisotopic (exact) mass is 578 g/mol. The van der Waals surface area contributed by atoms with Crippen LogP contribution in [-0.2, 0) is 0 Å². The highest BCUT2D eigenvalue weighted by atomic mass is 32.1. The van der Waals surface area contributed by atoms with E-state index < -0.39 is 0 Å². The number of fused-ring (bicyclic) bond motifs is 2. The van der Waals surface area contributed by atoms with Crippen LogP contribution in [0.25, 0.3) is 20.4 Å². The zero-order valence-electron chi connectivity index (χ0n) is 22.9. The number of hydrogen-bond acceptors (Lipinski definition) is 7. The highest BCUT2D eigenvalue weighted by molar-refractivity contribution is 7.22. The minimum Gasteiger partial charge on any atom is -0.457 e. The lowest BCUT2D eigenvalue weighted by Crippen LogP contribution is -2.11. The van der Waals surface area contributed by atoms with Crippen molar-refractivity contribution in [3.63, 3.8) is 0 Å². The molecule has 7 nitrogen and oxygen atoms in total. The summed E-state index contributed by atoms with van der Waals surface area (Å²) in [4.78, 5) is 34.8. The van der Waals surface area contributed by atoms with Gasteiger partial charge in [-0.2, -0.15) is 0 Å². The number of thiazole rings is 2. The number of amides is 2. The first-order valence-corrected chi connectivity index (χ1v) is 14.6. The largest absolute Gasteiger partial charge is 0.457 e. The molecule has 0 radical (unpaired) electrons. The maximum atomic E-state index is 12.8. The summed E-state index contributed by atoms with van der Waals surface area (Å²) >= 11 is 2.92. The van der Waals surface area contributed by atoms with Crippen molar-refractivity contribution in [1.29, 1.82) is 0 Å². The summed E-state index contributed by atoms with van der Waals surface area (Å²) in [6.45, 7) is 8.14. The Morgan fingerprint density at radius 1 is 0.610 bits per heavy atom. The molecule has 0 aliphatic carbocycles. The van der Waals surface area contributed by atoms with Crippen LogP contribution in [0, 0.1) is 27.7 Å². The number of ether oxygens (including phenoxy) is 1. The van der Waals surface area contributed by atoms with Crippen LogP contribution in [0.4, 0.5) is 10.3 Å². The van der Waals surface area contributed by atoms with Gasteiger partial charge in [-0.3, -0.25) is 20.2 Å². The van der Waals surface area contributed by atoms with Gasteiger partial charge in [-0.1, -0.05) is 34.8 Å². The van der Waals surface area contributed by atoms with E-state index >= 15 is 0 Å². The van der Waals surface area contributed by atoms with Gasteiger partial charge >= 0.3 is 0 Å². The third-order valence-corrected chi connectivity index (χ3v) is 8.40. The van der Waals surface area contributed by atoms with E-state index in [1.807, 2.05) is 27.7 Å². The number of carbonyl (C=O) groups is 2. The summed E-state index contributed by atoms with van der Waals surface area (Å²) in [5.41, 5.74) is 7.32. The van der Waals surface area contributed by atoms with Crippen molar-refractivity contribution in [2.75, 3.05) is 10.6 Å². The van der Waals surface area contributed by atoms with E-state index in [4.69, 9.17) is 4.74 Å². The Kier molecular flexibility index (Phi) is 6.98. The van der Waals surface area contributed by atoms with Crippen molar-refractivity contribution in [2.45, 2.75) is 27.7 Å². The molecule has 2 N–H and O–H groups in total. The highest BCUT2D eigenvalue weighted by Crippen LogP contribution is 2.31. The molecular formula is C32H26N4O3S2. The van der Waals surface area contributed by atoms with E-state index in [1.54, 1.807) is 48.5 Å². The number of rotatable bonds is 6. The minimum absolute atomic E-state index is 0.237. The number of benzene rings is 4. The fourth-order valence-electron chi connectivity index (χ4n) is 4.67. The van der Waals surface area contributed by atoms with Crippen molar-refractivity contribution in [2.24, 2.45) is 0 Å². The van der Waals surface area contributed by atoms with Crippen LogP contribution in [0.15, 0.2) is 72.8 Å². The Labute approximate surface area is 244 Å². The van der Waals surface area contributed by atoms with Crippen LogP contribution in [0.2, 0.25) is 0 Å². The SMILES string of the molecule is Cc1cc(C)c2nc(NC(=O)c3ccc(Oc4ccc(C(=O)Nc5nc6c(C)cc(C)cc6s5)cc4)cc3)sc2c1. The van der Waals surface area contributed by atoms with Gasteiger partial charge in [0.1, 0.15) is 11.5 Å². The molecule has 0 aliphatic rings. The van der Waals surface area contributed by atoms with Crippen molar-refractivity contribution in [3.05, 3.63) is 106 Å². The van der Waals surface area contributed by atoms with Crippen LogP contribution < -0.4 is 15.4 Å². The third kappa shape index (κ3) is 5.68. The number of nitrogens with zero attached hydrogens (tertiary/aromatic N) is 2. The van der Waals surface area contributed by atoms with Gasteiger partial charge < -0.3 is 4.74 Å². The van der Waals surface area contributed by atoms with Crippen LogP contribution in [0.3, 0.4) is 0 Å². The second-order valence-electron chi connectivity index (χ2n) is 9.95. The smallest absolute Gasteiger partial charge is 0.257 e. The maximum Gasteiger partial charge on any atom is 0.257 e. The maximum absolute atomic E-state index is 12.8. The first kappa shape index (κ1) is 26.6. The van der Waals surface area contributed by atoms with E-state index in [0.717, 1.165) is 31.6 Å². The third-order valence-electron chi connectivity index (χ3n) is 6.57. The first-order valence-electron chi connectivity index (χ1n) is 13.0. The molecule has 0 fully saturated rings. The lowest BCUT2D eigenvalue weighted by molar-refractivity contribution is 0.101. The molecule has 0 unspecified atom stereocenters. The molecule has 0 aliphatic heterocycles. The summed E-state index contributed by atoms with van der Waals surface area (Å²) < 4.78 is 8.03. The predicted octanol–water partition coefficient (Wildman–Crippen LogP) is 8.44. The van der Waals surface area contributed by atoms with Crippen molar-refractivity contribution in [3.8, 4) is 11.5 Å². The van der Waals surface area contributed by atoms with Gasteiger partial charge in [0, 0.05) is 11.1 Å². The highest BCUT2D eigenvalue weighted by Gasteiger charge is 2.14. The Morgan fingerprint density at radius 3 is 1.39 bits per heavy atom. The number of nitrogens with one attached hydrogen (secondary N) is 2. The van der Waals surface area contributed by atoms with Crippen molar-refractivity contribution >= 4 is 65.2 Å². The molecule has 9 heteroatoms. The number of aryl methyl sites for hydroxylation is 4. The average molecular weight is 579 g/mol. The quantitative estimate of drug-likeness (QED) is 0.207. The second kappa shape index (κ2) is 10.8. The minimum atomic E-state index is -0.237. The molecule has 2 heterocycles. The molecule has 4 aromatic carbocycles. The van der Waals surface area contributed by atoms with Gasteiger partial charge in [0.05, 0.1) is 20.4 Å². The second-order valence-corrected chi connectivity index (χ2v) is 12.0. The molecule has 41 heavy (non-hydrogen) atoms. The van der Waals surface area contributed by atoms with Gasteiger partial charge in [0.2, 0.25) is 0 Å². The van der Waals surface area contributed by atoms with Gasteiger partial charge in [-0.15, -0.1) is 0 Å². The Hall–Kier alpha value is -4.60. The van der Waals surface area contributed by atoms with E-state index in [1.165, 1.54) is 33.8 Å². The van der Waals surface area contributed by atoms with E-state index in [9.17, 15) is 9.59 Å². The average Bonchev–Trinajstić information content (AvgIpc) is 3.53. The van der Waals surface area contributed by atoms with Gasteiger partial charge in [0.25, 0.3) is 11.8 Å². The standard InChI is InChI=1S/C32H26N4O3S2/c1-17-13-19(3)27-25(15-17)40-31(33-27)35-29(37)21-5-9-23(10-6-21)39-24-11-7-22(8-12-24)30(38)36-32-34-28-20(4)14-18(2)16-26(28)41-32/h5-16H,1-4H3,(H,33,35,37)(H,34,36,38). The molecule has 6 aromatic rings. The first-order chi connectivity index (χ1) is 19.7. The summed E-state index contributed by atoms with van der Waals surface area (Å²) in [7, 11) is 0. The molecule has 0 atom stereocenters. The topological polar surface area (TPSA) is 93.2 Å². The summed E-state index contributed by atoms with van der Waals surface area (Å²) in [6.07, 6.45) is 0. The zero-order valence-corrected chi connectivity index (χ0v) is 24.5. The normalized spacial score (nSPS) is 11.1.